The lowest BCUT2D eigenvalue weighted by molar-refractivity contribution is -0.384. The van der Waals surface area contributed by atoms with Crippen LogP contribution in [0.1, 0.15) is 24.5 Å². The first-order chi connectivity index (χ1) is 9.69. The molecule has 0 bridgehead atoms. The normalized spacial score (nSPS) is 10.7. The van der Waals surface area contributed by atoms with Crippen molar-refractivity contribution in [1.29, 1.82) is 0 Å². The summed E-state index contributed by atoms with van der Waals surface area (Å²) in [5.74, 6) is 0. The number of rotatable bonds is 7. The highest BCUT2D eigenvalue weighted by Crippen LogP contribution is 2.13. The highest BCUT2D eigenvalue weighted by atomic mass is 16.6. The third kappa shape index (κ3) is 3.93. The van der Waals surface area contributed by atoms with Crippen LogP contribution in [0.2, 0.25) is 0 Å². The molecule has 0 unspecified atom stereocenters. The van der Waals surface area contributed by atoms with Crippen LogP contribution in [-0.4, -0.2) is 16.0 Å². The molecule has 2 aromatic rings. The van der Waals surface area contributed by atoms with Crippen LogP contribution < -0.4 is 5.32 Å². The van der Waals surface area contributed by atoms with E-state index in [2.05, 4.69) is 29.1 Å². The number of benzene rings is 1. The molecule has 0 saturated carbocycles. The maximum Gasteiger partial charge on any atom is 0.269 e. The van der Waals surface area contributed by atoms with Crippen molar-refractivity contribution in [3.8, 4) is 0 Å². The predicted octanol–water partition coefficient (Wildman–Crippen LogP) is 2.94. The van der Waals surface area contributed by atoms with Crippen molar-refractivity contribution in [2.75, 3.05) is 6.54 Å². The fraction of sp³-hybridized carbons (Fsp3) is 0.333. The Morgan fingerprint density at radius 3 is 2.60 bits per heavy atom. The minimum atomic E-state index is -0.378. The summed E-state index contributed by atoms with van der Waals surface area (Å²) in [7, 11) is 0. The Hall–Kier alpha value is -2.14. The van der Waals surface area contributed by atoms with Crippen LogP contribution >= 0.6 is 0 Å². The Labute approximate surface area is 118 Å². The fourth-order valence-electron chi connectivity index (χ4n) is 2.04. The Bertz CT molecular complexity index is 561. The van der Waals surface area contributed by atoms with E-state index >= 15 is 0 Å². The first kappa shape index (κ1) is 14.3. The first-order valence-electron chi connectivity index (χ1n) is 6.77. The minimum absolute atomic E-state index is 0.130. The van der Waals surface area contributed by atoms with Crippen LogP contribution in [0.5, 0.6) is 0 Å². The smallest absolute Gasteiger partial charge is 0.269 e. The molecule has 0 radical (unpaired) electrons. The lowest BCUT2D eigenvalue weighted by Crippen LogP contribution is -2.13. The average molecular weight is 273 g/mol. The second-order valence-electron chi connectivity index (χ2n) is 4.79. The molecule has 0 aliphatic carbocycles. The van der Waals surface area contributed by atoms with E-state index in [9.17, 15) is 10.1 Å². The highest BCUT2D eigenvalue weighted by molar-refractivity contribution is 5.33. The molecule has 0 aliphatic rings. The van der Waals surface area contributed by atoms with E-state index in [-0.39, 0.29) is 10.6 Å². The van der Waals surface area contributed by atoms with Crippen molar-refractivity contribution in [1.82, 2.24) is 9.88 Å². The number of aromatic nitrogens is 1. The molecule has 20 heavy (non-hydrogen) atoms. The Kier molecular flexibility index (Phi) is 4.90. The number of nitro groups is 1. The number of nitro benzene ring substituents is 1. The maximum absolute atomic E-state index is 10.6. The molecule has 0 atom stereocenters. The van der Waals surface area contributed by atoms with E-state index in [4.69, 9.17) is 0 Å². The van der Waals surface area contributed by atoms with Gasteiger partial charge in [-0.15, -0.1) is 0 Å². The Morgan fingerprint density at radius 2 is 1.95 bits per heavy atom. The second kappa shape index (κ2) is 6.86. The highest BCUT2D eigenvalue weighted by Gasteiger charge is 2.04. The van der Waals surface area contributed by atoms with Gasteiger partial charge in [-0.3, -0.25) is 10.1 Å². The van der Waals surface area contributed by atoms with E-state index in [1.807, 2.05) is 6.20 Å². The van der Waals surface area contributed by atoms with Gasteiger partial charge in [0.25, 0.3) is 5.69 Å². The molecular formula is C15H19N3O2. The molecule has 0 aliphatic heterocycles. The van der Waals surface area contributed by atoms with Crippen LogP contribution in [0.25, 0.3) is 0 Å². The van der Waals surface area contributed by atoms with Gasteiger partial charge in [0.1, 0.15) is 0 Å². The quantitative estimate of drug-likeness (QED) is 0.479. The van der Waals surface area contributed by atoms with E-state index in [1.165, 1.54) is 5.56 Å². The summed E-state index contributed by atoms with van der Waals surface area (Å²) in [5.41, 5.74) is 2.44. The average Bonchev–Trinajstić information content (AvgIpc) is 2.87. The lowest BCUT2D eigenvalue weighted by atomic mass is 10.2. The zero-order valence-corrected chi connectivity index (χ0v) is 11.6. The first-order valence-corrected chi connectivity index (χ1v) is 6.77. The Balaban J connectivity index is 1.94. The SMILES string of the molecule is CCCNCc1ccn(Cc2ccc([N+](=O)[O-])cc2)c1. The topological polar surface area (TPSA) is 60.1 Å². The summed E-state index contributed by atoms with van der Waals surface area (Å²) in [6.45, 7) is 4.77. The summed E-state index contributed by atoms with van der Waals surface area (Å²) >= 11 is 0. The van der Waals surface area contributed by atoms with Crippen molar-refractivity contribution in [2.45, 2.75) is 26.4 Å². The van der Waals surface area contributed by atoms with Crippen molar-refractivity contribution in [3.05, 3.63) is 64.0 Å². The molecule has 0 fully saturated rings. The van der Waals surface area contributed by atoms with Crippen molar-refractivity contribution < 1.29 is 4.92 Å². The molecule has 5 heteroatoms. The van der Waals surface area contributed by atoms with Gasteiger partial charge >= 0.3 is 0 Å². The zero-order valence-electron chi connectivity index (χ0n) is 11.6. The lowest BCUT2D eigenvalue weighted by Gasteiger charge is -2.03. The third-order valence-electron chi connectivity index (χ3n) is 3.08. The maximum atomic E-state index is 10.6. The Morgan fingerprint density at radius 1 is 1.20 bits per heavy atom. The van der Waals surface area contributed by atoms with Crippen LogP contribution in [0.3, 0.4) is 0 Å². The summed E-state index contributed by atoms with van der Waals surface area (Å²) in [6.07, 6.45) is 5.26. The van der Waals surface area contributed by atoms with Gasteiger partial charge in [-0.25, -0.2) is 0 Å². The van der Waals surface area contributed by atoms with Crippen molar-refractivity contribution in [3.63, 3.8) is 0 Å². The zero-order chi connectivity index (χ0) is 14.4. The summed E-state index contributed by atoms with van der Waals surface area (Å²) < 4.78 is 2.09. The standard InChI is InChI=1S/C15H19N3O2/c1-2-8-16-10-14-7-9-17(12-14)11-13-3-5-15(6-4-13)18(19)20/h3-7,9,12,16H,2,8,10-11H2,1H3. The third-order valence-corrected chi connectivity index (χ3v) is 3.08. The van der Waals surface area contributed by atoms with Crippen LogP contribution in [0.15, 0.2) is 42.7 Å². The molecule has 1 aromatic heterocycles. The summed E-state index contributed by atoms with van der Waals surface area (Å²) in [5, 5.41) is 14.0. The molecule has 2 rings (SSSR count). The van der Waals surface area contributed by atoms with Gasteiger partial charge in [0.2, 0.25) is 0 Å². The minimum Gasteiger partial charge on any atom is -0.350 e. The van der Waals surface area contributed by atoms with Gasteiger partial charge in [0, 0.05) is 37.6 Å². The number of non-ortho nitro benzene ring substituents is 1. The molecule has 106 valence electrons. The van der Waals surface area contributed by atoms with E-state index in [1.54, 1.807) is 24.3 Å². The number of nitrogens with zero attached hydrogens (tertiary/aromatic N) is 2. The van der Waals surface area contributed by atoms with Crippen molar-refractivity contribution >= 4 is 5.69 Å². The number of hydrogen-bond donors (Lipinski definition) is 1. The molecule has 1 aromatic carbocycles. The van der Waals surface area contributed by atoms with Crippen molar-refractivity contribution in [2.24, 2.45) is 0 Å². The number of hydrogen-bond acceptors (Lipinski definition) is 3. The molecule has 5 nitrogen and oxygen atoms in total. The molecule has 0 spiro atoms. The number of nitrogens with one attached hydrogen (secondary N) is 1. The summed E-state index contributed by atoms with van der Waals surface area (Å²) in [6, 6.07) is 8.78. The van der Waals surface area contributed by atoms with Gasteiger partial charge in [-0.1, -0.05) is 19.1 Å². The van der Waals surface area contributed by atoms with Crippen LogP contribution in [0.4, 0.5) is 5.69 Å². The van der Waals surface area contributed by atoms with Gasteiger partial charge in [0.15, 0.2) is 0 Å². The summed E-state index contributed by atoms with van der Waals surface area (Å²) in [4.78, 5) is 10.2. The largest absolute Gasteiger partial charge is 0.350 e. The van der Waals surface area contributed by atoms with E-state index in [0.717, 1.165) is 31.6 Å². The molecule has 1 heterocycles. The van der Waals surface area contributed by atoms with Crippen LogP contribution in [-0.2, 0) is 13.1 Å². The monoisotopic (exact) mass is 273 g/mol. The molecule has 0 saturated heterocycles. The second-order valence-corrected chi connectivity index (χ2v) is 4.79. The van der Waals surface area contributed by atoms with E-state index < -0.39 is 0 Å². The van der Waals surface area contributed by atoms with Gasteiger partial charge in [0.05, 0.1) is 4.92 Å². The molecule has 1 N–H and O–H groups in total. The van der Waals surface area contributed by atoms with E-state index in [0.29, 0.717) is 0 Å². The van der Waals surface area contributed by atoms with Gasteiger partial charge in [-0.2, -0.15) is 0 Å². The molecule has 0 amide bonds. The predicted molar refractivity (Wildman–Crippen MR) is 78.6 cm³/mol. The van der Waals surface area contributed by atoms with Crippen LogP contribution in [0, 0.1) is 10.1 Å². The van der Waals surface area contributed by atoms with Gasteiger partial charge < -0.3 is 9.88 Å². The van der Waals surface area contributed by atoms with Gasteiger partial charge in [-0.05, 0) is 30.2 Å². The fourth-order valence-corrected chi connectivity index (χ4v) is 2.04. The molecular weight excluding hydrogens is 254 g/mol.